The topological polar surface area (TPSA) is 77.2 Å². The summed E-state index contributed by atoms with van der Waals surface area (Å²) in [6.07, 6.45) is 2.02. The van der Waals surface area contributed by atoms with E-state index in [1.54, 1.807) is 17.5 Å². The molecule has 1 aromatic heterocycles. The Morgan fingerprint density at radius 3 is 2.79 bits per heavy atom. The van der Waals surface area contributed by atoms with Crippen LogP contribution in [0.1, 0.15) is 11.4 Å². The molecule has 2 aromatic rings. The van der Waals surface area contributed by atoms with Gasteiger partial charge in [0, 0.05) is 17.3 Å². The average molecular weight is 277 g/mol. The van der Waals surface area contributed by atoms with Crippen molar-refractivity contribution >= 4 is 22.9 Å². The van der Waals surface area contributed by atoms with E-state index in [9.17, 15) is 4.79 Å². The zero-order chi connectivity index (χ0) is 13.5. The summed E-state index contributed by atoms with van der Waals surface area (Å²) in [4.78, 5) is 14.8. The van der Waals surface area contributed by atoms with E-state index in [2.05, 4.69) is 10.3 Å². The molecule has 0 radical (unpaired) electrons. The standard InChI is InChI=1S/C13H15N3O2S/c14-12(17)5-7-18-11-3-1-10(2-4-11)16-9-13-15-6-8-19-13/h1-4,6,8,16H,5,7,9H2,(H2,14,17). The molecule has 2 rings (SSSR count). The predicted molar refractivity (Wildman–Crippen MR) is 75.2 cm³/mol. The third kappa shape index (κ3) is 4.59. The molecule has 0 aliphatic carbocycles. The highest BCUT2D eigenvalue weighted by atomic mass is 32.1. The van der Waals surface area contributed by atoms with Gasteiger partial charge in [-0.15, -0.1) is 11.3 Å². The molecule has 0 aliphatic heterocycles. The molecule has 1 amide bonds. The van der Waals surface area contributed by atoms with Crippen LogP contribution in [0, 0.1) is 0 Å². The van der Waals surface area contributed by atoms with Crippen LogP contribution < -0.4 is 15.8 Å². The molecule has 0 unspecified atom stereocenters. The lowest BCUT2D eigenvalue weighted by molar-refractivity contribution is -0.118. The Labute approximate surface area is 115 Å². The van der Waals surface area contributed by atoms with Crippen molar-refractivity contribution in [1.82, 2.24) is 4.98 Å². The first-order valence-electron chi connectivity index (χ1n) is 5.87. The van der Waals surface area contributed by atoms with Gasteiger partial charge in [0.05, 0.1) is 19.6 Å². The molecule has 19 heavy (non-hydrogen) atoms. The zero-order valence-electron chi connectivity index (χ0n) is 10.3. The van der Waals surface area contributed by atoms with E-state index in [0.29, 0.717) is 13.2 Å². The molecule has 1 heterocycles. The number of amides is 1. The molecule has 0 atom stereocenters. The first-order chi connectivity index (χ1) is 9.24. The van der Waals surface area contributed by atoms with E-state index >= 15 is 0 Å². The van der Waals surface area contributed by atoms with Crippen LogP contribution in [0.15, 0.2) is 35.8 Å². The molecule has 0 saturated heterocycles. The van der Waals surface area contributed by atoms with E-state index < -0.39 is 0 Å². The number of nitrogens with zero attached hydrogens (tertiary/aromatic N) is 1. The number of hydrogen-bond donors (Lipinski definition) is 2. The monoisotopic (exact) mass is 277 g/mol. The summed E-state index contributed by atoms with van der Waals surface area (Å²) in [5.41, 5.74) is 6.03. The van der Waals surface area contributed by atoms with Crippen LogP contribution in [0.4, 0.5) is 5.69 Å². The number of benzene rings is 1. The second kappa shape index (κ2) is 6.75. The van der Waals surface area contributed by atoms with Gasteiger partial charge in [-0.05, 0) is 24.3 Å². The maximum absolute atomic E-state index is 10.6. The van der Waals surface area contributed by atoms with Crippen molar-refractivity contribution in [3.63, 3.8) is 0 Å². The van der Waals surface area contributed by atoms with Gasteiger partial charge in [0.25, 0.3) is 0 Å². The predicted octanol–water partition coefficient (Wildman–Crippen LogP) is 2.01. The molecule has 6 heteroatoms. The van der Waals surface area contributed by atoms with Crippen molar-refractivity contribution in [3.8, 4) is 5.75 Å². The van der Waals surface area contributed by atoms with Crippen molar-refractivity contribution in [1.29, 1.82) is 0 Å². The van der Waals surface area contributed by atoms with Crippen molar-refractivity contribution in [2.24, 2.45) is 5.73 Å². The van der Waals surface area contributed by atoms with Crippen LogP contribution >= 0.6 is 11.3 Å². The van der Waals surface area contributed by atoms with E-state index in [4.69, 9.17) is 10.5 Å². The van der Waals surface area contributed by atoms with Crippen LogP contribution in [-0.4, -0.2) is 17.5 Å². The molecule has 0 saturated carbocycles. The maximum Gasteiger partial charge on any atom is 0.220 e. The van der Waals surface area contributed by atoms with Gasteiger partial charge in [-0.1, -0.05) is 0 Å². The minimum absolute atomic E-state index is 0.226. The van der Waals surface area contributed by atoms with Crippen LogP contribution in [0.25, 0.3) is 0 Å². The Bertz CT molecular complexity index is 511. The summed E-state index contributed by atoms with van der Waals surface area (Å²) in [6, 6.07) is 7.55. The Morgan fingerprint density at radius 2 is 2.16 bits per heavy atom. The summed E-state index contributed by atoms with van der Waals surface area (Å²) < 4.78 is 5.38. The average Bonchev–Trinajstić information content (AvgIpc) is 2.90. The third-order valence-corrected chi connectivity index (χ3v) is 3.18. The summed E-state index contributed by atoms with van der Waals surface area (Å²) in [5.74, 6) is 0.364. The van der Waals surface area contributed by atoms with E-state index in [1.807, 2.05) is 29.6 Å². The van der Waals surface area contributed by atoms with Gasteiger partial charge in [-0.25, -0.2) is 4.98 Å². The Morgan fingerprint density at radius 1 is 1.37 bits per heavy atom. The second-order valence-electron chi connectivity index (χ2n) is 3.87. The highest BCUT2D eigenvalue weighted by Gasteiger charge is 1.99. The number of primary amides is 1. The zero-order valence-corrected chi connectivity index (χ0v) is 11.2. The number of anilines is 1. The Kier molecular flexibility index (Phi) is 4.74. The largest absolute Gasteiger partial charge is 0.493 e. The highest BCUT2D eigenvalue weighted by molar-refractivity contribution is 7.09. The first-order valence-corrected chi connectivity index (χ1v) is 6.75. The molecule has 0 spiro atoms. The first kappa shape index (κ1) is 13.4. The number of hydrogen-bond acceptors (Lipinski definition) is 5. The van der Waals surface area contributed by atoms with Gasteiger partial charge >= 0.3 is 0 Å². The van der Waals surface area contributed by atoms with Gasteiger partial charge in [0.1, 0.15) is 10.8 Å². The van der Waals surface area contributed by atoms with E-state index in [1.165, 1.54) is 0 Å². The number of rotatable bonds is 7. The number of ether oxygens (including phenoxy) is 1. The quantitative estimate of drug-likeness (QED) is 0.811. The molecular formula is C13H15N3O2S. The van der Waals surface area contributed by atoms with Crippen LogP contribution in [0.2, 0.25) is 0 Å². The smallest absolute Gasteiger partial charge is 0.220 e. The molecular weight excluding hydrogens is 262 g/mol. The molecule has 0 fully saturated rings. The second-order valence-corrected chi connectivity index (χ2v) is 4.85. The molecule has 5 nitrogen and oxygen atoms in total. The maximum atomic E-state index is 10.6. The number of aromatic nitrogens is 1. The summed E-state index contributed by atoms with van der Waals surface area (Å²) >= 11 is 1.62. The van der Waals surface area contributed by atoms with Crippen molar-refractivity contribution in [2.45, 2.75) is 13.0 Å². The number of nitrogens with two attached hydrogens (primary N) is 1. The Balaban J connectivity index is 1.79. The van der Waals surface area contributed by atoms with Gasteiger partial charge in [-0.3, -0.25) is 4.79 Å². The molecule has 0 bridgehead atoms. The fraction of sp³-hybridized carbons (Fsp3) is 0.231. The number of thiazole rings is 1. The lowest BCUT2D eigenvalue weighted by Crippen LogP contribution is -2.14. The lowest BCUT2D eigenvalue weighted by atomic mass is 10.3. The fourth-order valence-electron chi connectivity index (χ4n) is 1.46. The fourth-order valence-corrected chi connectivity index (χ4v) is 2.01. The van der Waals surface area contributed by atoms with Gasteiger partial charge in [0.15, 0.2) is 0 Å². The summed E-state index contributed by atoms with van der Waals surface area (Å²) in [6.45, 7) is 1.01. The number of nitrogens with one attached hydrogen (secondary N) is 1. The van der Waals surface area contributed by atoms with Crippen molar-refractivity contribution in [2.75, 3.05) is 11.9 Å². The van der Waals surface area contributed by atoms with Crippen LogP contribution in [0.5, 0.6) is 5.75 Å². The Hall–Kier alpha value is -2.08. The molecule has 1 aromatic carbocycles. The van der Waals surface area contributed by atoms with Gasteiger partial charge in [-0.2, -0.15) is 0 Å². The third-order valence-electron chi connectivity index (χ3n) is 2.40. The van der Waals surface area contributed by atoms with Gasteiger partial charge < -0.3 is 15.8 Å². The number of carbonyl (C=O) groups is 1. The summed E-state index contributed by atoms with van der Waals surface area (Å²) in [7, 11) is 0. The van der Waals surface area contributed by atoms with E-state index in [-0.39, 0.29) is 12.3 Å². The minimum Gasteiger partial charge on any atom is -0.493 e. The van der Waals surface area contributed by atoms with Crippen molar-refractivity contribution in [3.05, 3.63) is 40.8 Å². The lowest BCUT2D eigenvalue weighted by Gasteiger charge is -2.07. The number of carbonyl (C=O) groups excluding carboxylic acids is 1. The molecule has 3 N–H and O–H groups in total. The van der Waals surface area contributed by atoms with E-state index in [0.717, 1.165) is 16.4 Å². The van der Waals surface area contributed by atoms with Crippen LogP contribution in [-0.2, 0) is 11.3 Å². The molecule has 100 valence electrons. The van der Waals surface area contributed by atoms with Crippen molar-refractivity contribution < 1.29 is 9.53 Å². The van der Waals surface area contributed by atoms with Gasteiger partial charge in [0.2, 0.25) is 5.91 Å². The highest BCUT2D eigenvalue weighted by Crippen LogP contribution is 2.17. The van der Waals surface area contributed by atoms with Crippen LogP contribution in [0.3, 0.4) is 0 Å². The summed E-state index contributed by atoms with van der Waals surface area (Å²) in [5, 5.41) is 6.26. The molecule has 0 aliphatic rings. The minimum atomic E-state index is -0.360. The normalized spacial score (nSPS) is 10.1. The SMILES string of the molecule is NC(=O)CCOc1ccc(NCc2nccs2)cc1.